The summed E-state index contributed by atoms with van der Waals surface area (Å²) < 4.78 is 0. The highest BCUT2D eigenvalue weighted by Gasteiger charge is 2.26. The Labute approximate surface area is 99.6 Å². The highest BCUT2D eigenvalue weighted by atomic mass is 16.4. The lowest BCUT2D eigenvalue weighted by Gasteiger charge is -2.22. The molecule has 96 valence electrons. The largest absolute Gasteiger partial charge is 0.481 e. The lowest BCUT2D eigenvalue weighted by molar-refractivity contribution is -0.147. The fraction of sp³-hybridized carbons (Fsp3) is 0.923. The van der Waals surface area contributed by atoms with Gasteiger partial charge in [-0.1, -0.05) is 26.7 Å². The van der Waals surface area contributed by atoms with E-state index in [0.29, 0.717) is 12.5 Å². The standard InChI is InChI=1S/C13H27NO2/c1-5-7-8-11(6-2)14-10-9-13(3,4)12(15)16/h11,14H,5-10H2,1-4H3,(H,15,16). The van der Waals surface area contributed by atoms with Gasteiger partial charge in [0.15, 0.2) is 0 Å². The zero-order chi connectivity index (χ0) is 12.6. The van der Waals surface area contributed by atoms with Crippen LogP contribution in [0.2, 0.25) is 0 Å². The van der Waals surface area contributed by atoms with Gasteiger partial charge in [-0.3, -0.25) is 4.79 Å². The van der Waals surface area contributed by atoms with Crippen LogP contribution in [0.15, 0.2) is 0 Å². The molecule has 0 bridgehead atoms. The molecule has 0 fully saturated rings. The van der Waals surface area contributed by atoms with Gasteiger partial charge in [0.1, 0.15) is 0 Å². The molecule has 0 aliphatic heterocycles. The summed E-state index contributed by atoms with van der Waals surface area (Å²) in [5.41, 5.74) is -0.615. The van der Waals surface area contributed by atoms with Gasteiger partial charge in [0.25, 0.3) is 0 Å². The molecule has 0 heterocycles. The molecule has 0 aromatic heterocycles. The zero-order valence-corrected chi connectivity index (χ0v) is 11.2. The minimum absolute atomic E-state index is 0.546. The number of aliphatic carboxylic acids is 1. The van der Waals surface area contributed by atoms with Crippen molar-refractivity contribution < 1.29 is 9.90 Å². The van der Waals surface area contributed by atoms with Crippen molar-refractivity contribution in [1.82, 2.24) is 5.32 Å². The number of carboxylic acid groups (broad SMARTS) is 1. The average molecular weight is 229 g/mol. The third-order valence-electron chi connectivity index (χ3n) is 3.16. The third kappa shape index (κ3) is 6.11. The summed E-state index contributed by atoms with van der Waals surface area (Å²) in [4.78, 5) is 10.9. The minimum Gasteiger partial charge on any atom is -0.481 e. The van der Waals surface area contributed by atoms with Crippen LogP contribution in [0.1, 0.15) is 59.8 Å². The first-order valence-electron chi connectivity index (χ1n) is 6.40. The summed E-state index contributed by atoms with van der Waals surface area (Å²) in [6.45, 7) is 8.73. The SMILES string of the molecule is CCCCC(CC)NCCC(C)(C)C(=O)O. The second kappa shape index (κ2) is 7.66. The van der Waals surface area contributed by atoms with E-state index in [1.807, 2.05) is 0 Å². The molecule has 0 spiro atoms. The Morgan fingerprint density at radius 1 is 1.38 bits per heavy atom. The van der Waals surface area contributed by atoms with E-state index in [1.54, 1.807) is 13.8 Å². The molecular weight excluding hydrogens is 202 g/mol. The maximum atomic E-state index is 10.9. The van der Waals surface area contributed by atoms with E-state index in [2.05, 4.69) is 19.2 Å². The molecule has 3 nitrogen and oxygen atoms in total. The number of nitrogens with one attached hydrogen (secondary N) is 1. The molecule has 0 aliphatic carbocycles. The summed E-state index contributed by atoms with van der Waals surface area (Å²) in [6, 6.07) is 0.546. The molecule has 0 amide bonds. The van der Waals surface area contributed by atoms with Crippen molar-refractivity contribution in [3.8, 4) is 0 Å². The van der Waals surface area contributed by atoms with Crippen LogP contribution in [0.5, 0.6) is 0 Å². The smallest absolute Gasteiger partial charge is 0.309 e. The van der Waals surface area contributed by atoms with Gasteiger partial charge in [0.05, 0.1) is 5.41 Å². The van der Waals surface area contributed by atoms with Crippen LogP contribution in [0.25, 0.3) is 0 Å². The fourth-order valence-corrected chi connectivity index (χ4v) is 1.60. The Balaban J connectivity index is 3.81. The van der Waals surface area contributed by atoms with Crippen LogP contribution in [0.3, 0.4) is 0 Å². The van der Waals surface area contributed by atoms with Crippen LogP contribution >= 0.6 is 0 Å². The van der Waals surface area contributed by atoms with Gasteiger partial charge in [-0.2, -0.15) is 0 Å². The molecule has 0 radical (unpaired) electrons. The van der Waals surface area contributed by atoms with Crippen molar-refractivity contribution in [3.05, 3.63) is 0 Å². The number of carboxylic acids is 1. The van der Waals surface area contributed by atoms with Crippen molar-refractivity contribution in [3.63, 3.8) is 0 Å². The van der Waals surface area contributed by atoms with Crippen molar-refractivity contribution in [2.75, 3.05) is 6.54 Å². The molecule has 0 aromatic rings. The number of carbonyl (C=O) groups is 1. The van der Waals surface area contributed by atoms with Crippen LogP contribution in [-0.4, -0.2) is 23.7 Å². The maximum Gasteiger partial charge on any atom is 0.309 e. The molecule has 0 saturated heterocycles. The summed E-state index contributed by atoms with van der Waals surface area (Å²) in [6.07, 6.45) is 5.46. The van der Waals surface area contributed by atoms with E-state index in [0.717, 1.165) is 13.0 Å². The minimum atomic E-state index is -0.712. The van der Waals surface area contributed by atoms with Crippen LogP contribution in [-0.2, 0) is 4.79 Å². The number of rotatable bonds is 9. The molecule has 3 heteroatoms. The first kappa shape index (κ1) is 15.4. The maximum absolute atomic E-state index is 10.9. The van der Waals surface area contributed by atoms with E-state index < -0.39 is 11.4 Å². The Bertz CT molecular complexity index is 202. The van der Waals surface area contributed by atoms with E-state index in [9.17, 15) is 4.79 Å². The molecule has 16 heavy (non-hydrogen) atoms. The summed E-state index contributed by atoms with van der Waals surface area (Å²) in [7, 11) is 0. The number of unbranched alkanes of at least 4 members (excludes halogenated alkanes) is 1. The Morgan fingerprint density at radius 3 is 2.44 bits per heavy atom. The quantitative estimate of drug-likeness (QED) is 0.639. The van der Waals surface area contributed by atoms with E-state index >= 15 is 0 Å². The van der Waals surface area contributed by atoms with E-state index in [-0.39, 0.29) is 0 Å². The topological polar surface area (TPSA) is 49.3 Å². The molecular formula is C13H27NO2. The fourth-order valence-electron chi connectivity index (χ4n) is 1.60. The van der Waals surface area contributed by atoms with Gasteiger partial charge in [-0.05, 0) is 39.7 Å². The van der Waals surface area contributed by atoms with Gasteiger partial charge in [0.2, 0.25) is 0 Å². The van der Waals surface area contributed by atoms with E-state index in [4.69, 9.17) is 5.11 Å². The van der Waals surface area contributed by atoms with Crippen molar-refractivity contribution in [1.29, 1.82) is 0 Å². The average Bonchev–Trinajstić information content (AvgIpc) is 2.22. The highest BCUT2D eigenvalue weighted by Crippen LogP contribution is 2.19. The molecule has 0 aromatic carbocycles. The number of hydrogen-bond donors (Lipinski definition) is 2. The van der Waals surface area contributed by atoms with Gasteiger partial charge in [-0.15, -0.1) is 0 Å². The molecule has 0 saturated carbocycles. The summed E-state index contributed by atoms with van der Waals surface area (Å²) in [5.74, 6) is -0.712. The van der Waals surface area contributed by atoms with Gasteiger partial charge < -0.3 is 10.4 Å². The van der Waals surface area contributed by atoms with Crippen LogP contribution < -0.4 is 5.32 Å². The van der Waals surface area contributed by atoms with Crippen LogP contribution in [0, 0.1) is 5.41 Å². The normalized spacial score (nSPS) is 13.8. The highest BCUT2D eigenvalue weighted by molar-refractivity contribution is 5.73. The number of hydrogen-bond acceptors (Lipinski definition) is 2. The lowest BCUT2D eigenvalue weighted by Crippen LogP contribution is -2.34. The second-order valence-electron chi connectivity index (χ2n) is 5.14. The first-order chi connectivity index (χ1) is 7.44. The lowest BCUT2D eigenvalue weighted by atomic mass is 9.89. The first-order valence-corrected chi connectivity index (χ1v) is 6.40. The Morgan fingerprint density at radius 2 is 2.00 bits per heavy atom. The van der Waals surface area contributed by atoms with Crippen molar-refractivity contribution in [2.45, 2.75) is 65.8 Å². The third-order valence-corrected chi connectivity index (χ3v) is 3.16. The van der Waals surface area contributed by atoms with Crippen molar-refractivity contribution >= 4 is 5.97 Å². The summed E-state index contributed by atoms with van der Waals surface area (Å²) in [5, 5.41) is 12.4. The van der Waals surface area contributed by atoms with Crippen LogP contribution in [0.4, 0.5) is 0 Å². The predicted octanol–water partition coefficient (Wildman–Crippen LogP) is 3.05. The molecule has 2 N–H and O–H groups in total. The Kier molecular flexibility index (Phi) is 7.39. The molecule has 0 aliphatic rings. The monoisotopic (exact) mass is 229 g/mol. The van der Waals surface area contributed by atoms with Gasteiger partial charge in [0, 0.05) is 6.04 Å². The second-order valence-corrected chi connectivity index (χ2v) is 5.14. The molecule has 1 unspecified atom stereocenters. The van der Waals surface area contributed by atoms with Gasteiger partial charge in [-0.25, -0.2) is 0 Å². The summed E-state index contributed by atoms with van der Waals surface area (Å²) >= 11 is 0. The Hall–Kier alpha value is -0.570. The molecule has 0 rings (SSSR count). The van der Waals surface area contributed by atoms with Gasteiger partial charge >= 0.3 is 5.97 Å². The molecule has 1 atom stereocenters. The zero-order valence-electron chi connectivity index (χ0n) is 11.2. The predicted molar refractivity (Wildman–Crippen MR) is 67.6 cm³/mol. The van der Waals surface area contributed by atoms with E-state index in [1.165, 1.54) is 19.3 Å². The van der Waals surface area contributed by atoms with Crippen molar-refractivity contribution in [2.24, 2.45) is 5.41 Å².